The van der Waals surface area contributed by atoms with Gasteiger partial charge in [-0.1, -0.05) is 18.2 Å². The van der Waals surface area contributed by atoms with Crippen LogP contribution in [0.2, 0.25) is 0 Å². The van der Waals surface area contributed by atoms with E-state index in [1.165, 1.54) is 0 Å². The molecular weight excluding hydrogens is 358 g/mol. The average Bonchev–Trinajstić information content (AvgIpc) is 3.31. The first kappa shape index (κ1) is 19.3. The van der Waals surface area contributed by atoms with Crippen molar-refractivity contribution in [1.82, 2.24) is 29.8 Å². The Balaban J connectivity index is 1.57. The Morgan fingerprint density at radius 2 is 1.89 bits per heavy atom. The van der Waals surface area contributed by atoms with Crippen molar-refractivity contribution >= 4 is 17.6 Å². The van der Waals surface area contributed by atoms with Crippen LogP contribution in [0.5, 0.6) is 0 Å². The largest absolute Gasteiger partial charge is 0.346 e. The number of aromatic nitrogens is 4. The standard InChI is InChI=1S/C19H23N7O2/c1-24(2)16(14-11-21-25(3)13-14)12-20-18(27)19(28)22-17-9-10-26(23-17)15-7-5-4-6-8-15/h4-11,13,16H,12H2,1-3H3,(H,20,27)(H,22,23,28)/t16-/m0/s1. The van der Waals surface area contributed by atoms with Crippen molar-refractivity contribution in [1.29, 1.82) is 0 Å². The summed E-state index contributed by atoms with van der Waals surface area (Å²) in [6, 6.07) is 11.0. The van der Waals surface area contributed by atoms with E-state index in [4.69, 9.17) is 0 Å². The fourth-order valence-electron chi connectivity index (χ4n) is 2.77. The third-order valence-corrected chi connectivity index (χ3v) is 4.25. The minimum absolute atomic E-state index is 0.0947. The second kappa shape index (κ2) is 8.49. The number of anilines is 1. The lowest BCUT2D eigenvalue weighted by molar-refractivity contribution is -0.136. The van der Waals surface area contributed by atoms with Crippen LogP contribution >= 0.6 is 0 Å². The van der Waals surface area contributed by atoms with Crippen molar-refractivity contribution in [3.63, 3.8) is 0 Å². The molecule has 0 saturated carbocycles. The molecule has 0 unspecified atom stereocenters. The molecule has 9 nitrogen and oxygen atoms in total. The number of hydrogen-bond acceptors (Lipinski definition) is 5. The molecule has 0 saturated heterocycles. The van der Waals surface area contributed by atoms with Gasteiger partial charge in [0.1, 0.15) is 0 Å². The molecule has 2 aromatic heterocycles. The third-order valence-electron chi connectivity index (χ3n) is 4.25. The van der Waals surface area contributed by atoms with Crippen molar-refractivity contribution < 1.29 is 9.59 Å². The number of para-hydroxylation sites is 1. The average molecular weight is 381 g/mol. The van der Waals surface area contributed by atoms with E-state index in [-0.39, 0.29) is 12.6 Å². The normalized spacial score (nSPS) is 12.0. The van der Waals surface area contributed by atoms with Gasteiger partial charge in [-0.05, 0) is 26.2 Å². The van der Waals surface area contributed by atoms with Crippen molar-refractivity contribution in [2.24, 2.45) is 7.05 Å². The fourth-order valence-corrected chi connectivity index (χ4v) is 2.77. The van der Waals surface area contributed by atoms with E-state index < -0.39 is 11.8 Å². The van der Waals surface area contributed by atoms with Crippen molar-refractivity contribution in [2.75, 3.05) is 26.0 Å². The molecule has 0 fully saturated rings. The maximum atomic E-state index is 12.2. The van der Waals surface area contributed by atoms with Crippen LogP contribution in [0, 0.1) is 0 Å². The minimum atomic E-state index is -0.762. The SMILES string of the molecule is CN(C)[C@@H](CNC(=O)C(=O)Nc1ccn(-c2ccccc2)n1)c1cnn(C)c1. The number of benzene rings is 1. The van der Waals surface area contributed by atoms with Gasteiger partial charge in [0.2, 0.25) is 0 Å². The highest BCUT2D eigenvalue weighted by atomic mass is 16.2. The zero-order valence-electron chi connectivity index (χ0n) is 16.0. The molecular formula is C19H23N7O2. The summed E-state index contributed by atoms with van der Waals surface area (Å²) in [6.07, 6.45) is 5.34. The van der Waals surface area contributed by atoms with Gasteiger partial charge in [-0.3, -0.25) is 14.3 Å². The minimum Gasteiger partial charge on any atom is -0.346 e. The van der Waals surface area contributed by atoms with Gasteiger partial charge in [-0.25, -0.2) is 4.68 Å². The van der Waals surface area contributed by atoms with E-state index >= 15 is 0 Å². The second-order valence-corrected chi connectivity index (χ2v) is 6.57. The lowest BCUT2D eigenvalue weighted by atomic mass is 10.1. The first-order valence-electron chi connectivity index (χ1n) is 8.79. The summed E-state index contributed by atoms with van der Waals surface area (Å²) in [6.45, 7) is 0.281. The maximum absolute atomic E-state index is 12.2. The molecule has 3 rings (SSSR count). The van der Waals surface area contributed by atoms with Crippen LogP contribution in [0.3, 0.4) is 0 Å². The van der Waals surface area contributed by atoms with E-state index in [0.29, 0.717) is 5.82 Å². The van der Waals surface area contributed by atoms with Crippen molar-refractivity contribution in [3.8, 4) is 5.69 Å². The van der Waals surface area contributed by atoms with Gasteiger partial charge in [-0.2, -0.15) is 10.2 Å². The molecule has 0 bridgehead atoms. The lowest BCUT2D eigenvalue weighted by Gasteiger charge is -2.23. The number of nitrogens with zero attached hydrogens (tertiary/aromatic N) is 5. The molecule has 1 aromatic carbocycles. The highest BCUT2D eigenvalue weighted by molar-refractivity contribution is 6.39. The summed E-state index contributed by atoms with van der Waals surface area (Å²) < 4.78 is 3.32. The fraction of sp³-hybridized carbons (Fsp3) is 0.263. The lowest BCUT2D eigenvalue weighted by Crippen LogP contribution is -2.40. The first-order chi connectivity index (χ1) is 13.4. The number of carbonyl (C=O) groups is 2. The van der Waals surface area contributed by atoms with Crippen LogP contribution in [0.25, 0.3) is 5.69 Å². The molecule has 0 spiro atoms. The van der Waals surface area contributed by atoms with Gasteiger partial charge in [-0.15, -0.1) is 0 Å². The van der Waals surface area contributed by atoms with Crippen LogP contribution in [0.15, 0.2) is 55.0 Å². The van der Waals surface area contributed by atoms with Crippen LogP contribution in [-0.4, -0.2) is 56.9 Å². The smallest absolute Gasteiger partial charge is 0.314 e. The van der Waals surface area contributed by atoms with Gasteiger partial charge in [0.15, 0.2) is 5.82 Å². The molecule has 146 valence electrons. The second-order valence-electron chi connectivity index (χ2n) is 6.57. The summed E-state index contributed by atoms with van der Waals surface area (Å²) in [5.74, 6) is -1.17. The third kappa shape index (κ3) is 4.63. The Hall–Kier alpha value is -3.46. The number of amides is 2. The van der Waals surface area contributed by atoms with Gasteiger partial charge < -0.3 is 15.5 Å². The Kier molecular flexibility index (Phi) is 5.85. The highest BCUT2D eigenvalue weighted by Gasteiger charge is 2.20. The zero-order chi connectivity index (χ0) is 20.1. The predicted octanol–water partition coefficient (Wildman–Crippen LogP) is 0.963. The Bertz CT molecular complexity index is 946. The summed E-state index contributed by atoms with van der Waals surface area (Å²) in [5, 5.41) is 13.6. The molecule has 3 aromatic rings. The van der Waals surface area contributed by atoms with Crippen molar-refractivity contribution in [3.05, 3.63) is 60.6 Å². The number of nitrogens with one attached hydrogen (secondary N) is 2. The number of carbonyl (C=O) groups excluding carboxylic acids is 2. The molecule has 2 heterocycles. The summed E-state index contributed by atoms with van der Waals surface area (Å²) in [4.78, 5) is 26.3. The molecule has 0 aliphatic heterocycles. The molecule has 0 radical (unpaired) electrons. The topological polar surface area (TPSA) is 97.1 Å². The summed E-state index contributed by atoms with van der Waals surface area (Å²) in [7, 11) is 5.64. The molecule has 9 heteroatoms. The van der Waals surface area contributed by atoms with E-state index in [0.717, 1.165) is 11.3 Å². The predicted molar refractivity (Wildman–Crippen MR) is 105 cm³/mol. The summed E-state index contributed by atoms with van der Waals surface area (Å²) >= 11 is 0. The Morgan fingerprint density at radius 1 is 1.14 bits per heavy atom. The molecule has 0 aliphatic rings. The van der Waals surface area contributed by atoms with E-state index in [2.05, 4.69) is 20.8 Å². The quantitative estimate of drug-likeness (QED) is 0.620. The number of aryl methyl sites for hydroxylation is 1. The van der Waals surface area contributed by atoms with Gasteiger partial charge >= 0.3 is 11.8 Å². The first-order valence-corrected chi connectivity index (χ1v) is 8.79. The highest BCUT2D eigenvalue weighted by Crippen LogP contribution is 2.16. The number of likely N-dealkylation sites (N-methyl/N-ethyl adjacent to an activating group) is 1. The molecule has 2 N–H and O–H groups in total. The molecule has 2 amide bonds. The summed E-state index contributed by atoms with van der Waals surface area (Å²) in [5.41, 5.74) is 1.81. The van der Waals surface area contributed by atoms with Crippen LogP contribution in [0.4, 0.5) is 5.82 Å². The molecule has 28 heavy (non-hydrogen) atoms. The van der Waals surface area contributed by atoms with Crippen LogP contribution in [-0.2, 0) is 16.6 Å². The van der Waals surface area contributed by atoms with Gasteiger partial charge in [0.05, 0.1) is 17.9 Å². The zero-order valence-corrected chi connectivity index (χ0v) is 16.0. The van der Waals surface area contributed by atoms with Gasteiger partial charge in [0, 0.05) is 37.6 Å². The van der Waals surface area contributed by atoms with Gasteiger partial charge in [0.25, 0.3) is 0 Å². The van der Waals surface area contributed by atoms with Crippen molar-refractivity contribution in [2.45, 2.75) is 6.04 Å². The molecule has 1 atom stereocenters. The van der Waals surface area contributed by atoms with E-state index in [1.807, 2.05) is 62.6 Å². The molecule has 0 aliphatic carbocycles. The Morgan fingerprint density at radius 3 is 2.54 bits per heavy atom. The maximum Gasteiger partial charge on any atom is 0.314 e. The van der Waals surface area contributed by atoms with E-state index in [1.54, 1.807) is 27.8 Å². The van der Waals surface area contributed by atoms with Crippen LogP contribution in [0.1, 0.15) is 11.6 Å². The monoisotopic (exact) mass is 381 g/mol. The number of rotatable bonds is 6. The van der Waals surface area contributed by atoms with Crippen LogP contribution < -0.4 is 10.6 Å². The number of hydrogen-bond donors (Lipinski definition) is 2. The van der Waals surface area contributed by atoms with E-state index in [9.17, 15) is 9.59 Å². The Labute approximate surface area is 162 Å².